The first kappa shape index (κ1) is 44.0. The molecule has 0 aliphatic heterocycles. The number of para-hydroxylation sites is 3. The molecule has 1 heterocycles. The van der Waals surface area contributed by atoms with Crippen LogP contribution < -0.4 is 4.90 Å². The second-order valence-electron chi connectivity index (χ2n) is 19.5. The van der Waals surface area contributed by atoms with E-state index in [0.29, 0.717) is 0 Å². The molecule has 0 radical (unpaired) electrons. The van der Waals surface area contributed by atoms with E-state index in [0.717, 1.165) is 33.9 Å². The van der Waals surface area contributed by atoms with Gasteiger partial charge in [-0.05, 0) is 133 Å². The van der Waals surface area contributed by atoms with Gasteiger partial charge in [0.25, 0.3) is 0 Å². The first-order chi connectivity index (χ1) is 37.2. The van der Waals surface area contributed by atoms with Crippen LogP contribution in [-0.2, 0) is 5.41 Å². The molecule has 0 bridgehead atoms. The van der Waals surface area contributed by atoms with Gasteiger partial charge in [-0.3, -0.25) is 0 Å². The van der Waals surface area contributed by atoms with Crippen LogP contribution in [-0.4, -0.2) is 4.57 Å². The molecule has 13 aromatic rings. The number of aromatic nitrogens is 1. The number of rotatable bonds is 10. The summed E-state index contributed by atoms with van der Waals surface area (Å²) in [6.07, 6.45) is 0. The molecule has 0 N–H and O–H groups in total. The van der Waals surface area contributed by atoms with Crippen LogP contribution in [0.4, 0.5) is 17.1 Å². The Hall–Kier alpha value is -9.76. The van der Waals surface area contributed by atoms with E-state index in [4.69, 9.17) is 0 Å². The molecule has 12 aromatic carbocycles. The molecule has 0 saturated heterocycles. The second kappa shape index (κ2) is 18.4. The molecule has 0 fully saturated rings. The molecule has 1 aliphatic rings. The van der Waals surface area contributed by atoms with Crippen molar-refractivity contribution in [3.05, 3.63) is 326 Å². The van der Waals surface area contributed by atoms with E-state index in [9.17, 15) is 0 Å². The van der Waals surface area contributed by atoms with E-state index in [1.807, 2.05) is 0 Å². The molecular weight excluding hydrogens is 905 g/mol. The molecule has 2 nitrogen and oxygen atoms in total. The maximum Gasteiger partial charge on any atom is 0.0713 e. The quantitative estimate of drug-likeness (QED) is 0.133. The summed E-state index contributed by atoms with van der Waals surface area (Å²) in [6.45, 7) is 0. The van der Waals surface area contributed by atoms with E-state index in [2.05, 4.69) is 313 Å². The van der Waals surface area contributed by atoms with Gasteiger partial charge in [0.15, 0.2) is 0 Å². The van der Waals surface area contributed by atoms with E-state index >= 15 is 0 Å². The normalized spacial score (nSPS) is 12.4. The predicted octanol–water partition coefficient (Wildman–Crippen LogP) is 19.3. The van der Waals surface area contributed by atoms with Gasteiger partial charge >= 0.3 is 0 Å². The lowest BCUT2D eigenvalue weighted by molar-refractivity contribution is 0.769. The fraction of sp³-hybridized carbons (Fsp3) is 0.0137. The summed E-state index contributed by atoms with van der Waals surface area (Å²) < 4.78 is 2.39. The molecule has 0 saturated carbocycles. The standard InChI is InChI=1S/C73H50N2/c1-4-22-52(23-5-1)59-28-10-11-29-60(59)61-30-12-13-31-62(61)65-33-15-19-37-70(65)74(57-45-47-58(48-46-57)75-71-38-20-16-34-66(71)67-35-17-21-39-72(67)75)56-43-40-51(41-44-56)53-42-49-64-63-32-14-18-36-68(63)73(69(64)50-53,54-24-6-2-7-25-54)55-26-8-3-9-27-55/h1-50H. The molecule has 352 valence electrons. The Labute approximate surface area is 438 Å². The van der Waals surface area contributed by atoms with Crippen LogP contribution in [0, 0.1) is 0 Å². The average molecular weight is 955 g/mol. The summed E-state index contributed by atoms with van der Waals surface area (Å²) in [7, 11) is 0. The van der Waals surface area contributed by atoms with Gasteiger partial charge in [0.2, 0.25) is 0 Å². The average Bonchev–Trinajstić information content (AvgIpc) is 4.06. The van der Waals surface area contributed by atoms with Crippen LogP contribution in [0.2, 0.25) is 0 Å². The zero-order chi connectivity index (χ0) is 49.7. The Morgan fingerprint density at radius 1 is 0.267 bits per heavy atom. The Bertz CT molecular complexity index is 4120. The summed E-state index contributed by atoms with van der Waals surface area (Å²) in [5, 5.41) is 2.50. The smallest absolute Gasteiger partial charge is 0.0713 e. The first-order valence-corrected chi connectivity index (χ1v) is 25.9. The lowest BCUT2D eigenvalue weighted by Gasteiger charge is -2.34. The van der Waals surface area contributed by atoms with E-state index in [1.54, 1.807) is 0 Å². The number of hydrogen-bond acceptors (Lipinski definition) is 1. The highest BCUT2D eigenvalue weighted by Gasteiger charge is 2.46. The highest BCUT2D eigenvalue weighted by Crippen LogP contribution is 2.57. The van der Waals surface area contributed by atoms with Crippen molar-refractivity contribution in [1.29, 1.82) is 0 Å². The molecular formula is C73H50N2. The maximum absolute atomic E-state index is 2.45. The van der Waals surface area contributed by atoms with Crippen LogP contribution >= 0.6 is 0 Å². The zero-order valence-corrected chi connectivity index (χ0v) is 41.3. The van der Waals surface area contributed by atoms with E-state index in [-0.39, 0.29) is 0 Å². The Morgan fingerprint density at radius 2 is 0.693 bits per heavy atom. The molecule has 0 unspecified atom stereocenters. The van der Waals surface area contributed by atoms with Crippen molar-refractivity contribution >= 4 is 38.9 Å². The van der Waals surface area contributed by atoms with Crippen molar-refractivity contribution in [3.63, 3.8) is 0 Å². The highest BCUT2D eigenvalue weighted by atomic mass is 15.1. The third kappa shape index (κ3) is 7.25. The summed E-state index contributed by atoms with van der Waals surface area (Å²) in [5.41, 5.74) is 23.4. The van der Waals surface area contributed by atoms with E-state index in [1.165, 1.54) is 88.6 Å². The molecule has 1 aliphatic carbocycles. The predicted molar refractivity (Wildman–Crippen MR) is 315 cm³/mol. The van der Waals surface area contributed by atoms with Crippen LogP contribution in [0.15, 0.2) is 303 Å². The monoisotopic (exact) mass is 954 g/mol. The van der Waals surface area contributed by atoms with E-state index < -0.39 is 5.41 Å². The number of hydrogen-bond donors (Lipinski definition) is 0. The Morgan fingerprint density at radius 3 is 1.31 bits per heavy atom. The minimum atomic E-state index is -0.478. The van der Waals surface area contributed by atoms with Crippen LogP contribution in [0.25, 0.3) is 83.1 Å². The fourth-order valence-electron chi connectivity index (χ4n) is 12.2. The van der Waals surface area contributed by atoms with Gasteiger partial charge in [0.1, 0.15) is 0 Å². The molecule has 75 heavy (non-hydrogen) atoms. The van der Waals surface area contributed by atoms with Gasteiger partial charge in [-0.1, -0.05) is 243 Å². The summed E-state index contributed by atoms with van der Waals surface area (Å²) in [4.78, 5) is 2.43. The van der Waals surface area contributed by atoms with Gasteiger partial charge in [-0.25, -0.2) is 0 Å². The van der Waals surface area contributed by atoms with Gasteiger partial charge < -0.3 is 9.47 Å². The van der Waals surface area contributed by atoms with Crippen molar-refractivity contribution in [3.8, 4) is 61.3 Å². The molecule has 0 atom stereocenters. The Kier molecular flexibility index (Phi) is 10.8. The van der Waals surface area contributed by atoms with Gasteiger partial charge in [0.05, 0.1) is 22.1 Å². The number of anilines is 3. The molecule has 0 amide bonds. The fourth-order valence-corrected chi connectivity index (χ4v) is 12.2. The number of benzene rings is 12. The summed E-state index contributed by atoms with van der Waals surface area (Å²) in [6, 6.07) is 111. The van der Waals surface area contributed by atoms with Crippen LogP contribution in [0.1, 0.15) is 22.3 Å². The lowest BCUT2D eigenvalue weighted by atomic mass is 9.67. The van der Waals surface area contributed by atoms with Crippen molar-refractivity contribution in [1.82, 2.24) is 4.57 Å². The zero-order valence-electron chi connectivity index (χ0n) is 41.3. The lowest BCUT2D eigenvalue weighted by Crippen LogP contribution is -2.28. The van der Waals surface area contributed by atoms with Crippen LogP contribution in [0.5, 0.6) is 0 Å². The second-order valence-corrected chi connectivity index (χ2v) is 19.5. The van der Waals surface area contributed by atoms with Gasteiger partial charge in [-0.15, -0.1) is 0 Å². The third-order valence-corrected chi connectivity index (χ3v) is 15.5. The topological polar surface area (TPSA) is 8.17 Å². The molecule has 2 heteroatoms. The minimum Gasteiger partial charge on any atom is -0.310 e. The van der Waals surface area contributed by atoms with Crippen molar-refractivity contribution in [2.75, 3.05) is 4.90 Å². The maximum atomic E-state index is 2.45. The Balaban J connectivity index is 0.924. The molecule has 14 rings (SSSR count). The summed E-state index contributed by atoms with van der Waals surface area (Å²) >= 11 is 0. The van der Waals surface area contributed by atoms with Gasteiger partial charge in [0, 0.05) is 33.4 Å². The first-order valence-electron chi connectivity index (χ1n) is 25.9. The number of fused-ring (bicyclic) bond motifs is 6. The van der Waals surface area contributed by atoms with Crippen LogP contribution in [0.3, 0.4) is 0 Å². The summed E-state index contributed by atoms with van der Waals surface area (Å²) in [5.74, 6) is 0. The van der Waals surface area contributed by atoms with Crippen molar-refractivity contribution < 1.29 is 0 Å². The third-order valence-electron chi connectivity index (χ3n) is 15.5. The van der Waals surface area contributed by atoms with Crippen molar-refractivity contribution in [2.45, 2.75) is 5.41 Å². The van der Waals surface area contributed by atoms with Gasteiger partial charge in [-0.2, -0.15) is 0 Å². The van der Waals surface area contributed by atoms with Crippen molar-refractivity contribution in [2.24, 2.45) is 0 Å². The minimum absolute atomic E-state index is 0.478. The SMILES string of the molecule is c1ccc(-c2ccccc2-c2ccccc2-c2ccccc2N(c2ccc(-c3ccc4c(c3)C(c3ccccc3)(c3ccccc3)c3ccccc3-4)cc2)c2ccc(-n3c4ccccc4c4ccccc43)cc2)cc1. The largest absolute Gasteiger partial charge is 0.310 e. The highest BCUT2D eigenvalue weighted by molar-refractivity contribution is 6.09. The molecule has 1 aromatic heterocycles. The molecule has 0 spiro atoms. The number of nitrogens with zero attached hydrogens (tertiary/aromatic N) is 2.